The summed E-state index contributed by atoms with van der Waals surface area (Å²) in [5.74, 6) is -3.06. The van der Waals surface area contributed by atoms with Gasteiger partial charge in [-0.3, -0.25) is 29.0 Å². The van der Waals surface area contributed by atoms with E-state index in [1.165, 1.54) is 10.5 Å². The standard InChI is InChI=1S/C40H41N3O5/c1-24-21-26(13-16-33(24)44)35-29-14-15-30-34(31(29)22-32-37(46)43(39(48)40(32,35)2)27-11-7-4-8-12-27)38(47)42(36(30)45)28-17-19-41(20-18-28)23-25-9-5-3-6-10-25/h3-14,16,21,28,30-32,34-35,44H,15,17-20,22-23H2,1-2H3. The molecule has 1 saturated carbocycles. The number of phenols is 1. The van der Waals surface area contributed by atoms with E-state index in [4.69, 9.17) is 0 Å². The molecule has 3 saturated heterocycles. The van der Waals surface area contributed by atoms with Crippen molar-refractivity contribution in [1.82, 2.24) is 9.80 Å². The first-order valence-corrected chi connectivity index (χ1v) is 17.2. The number of carbonyl (C=O) groups is 4. The third-order valence-electron chi connectivity index (χ3n) is 12.0. The van der Waals surface area contributed by atoms with Crippen LogP contribution in [0.2, 0.25) is 0 Å². The third-order valence-corrected chi connectivity index (χ3v) is 12.0. The second-order valence-electron chi connectivity index (χ2n) is 14.6. The molecule has 3 aromatic carbocycles. The van der Waals surface area contributed by atoms with Crippen molar-refractivity contribution in [2.45, 2.75) is 58.0 Å². The third kappa shape index (κ3) is 4.60. The molecular weight excluding hydrogens is 602 g/mol. The van der Waals surface area contributed by atoms with Crippen molar-refractivity contribution in [3.63, 3.8) is 0 Å². The molecule has 5 aliphatic rings. The van der Waals surface area contributed by atoms with Gasteiger partial charge in [0, 0.05) is 31.6 Å². The quantitative estimate of drug-likeness (QED) is 0.287. The van der Waals surface area contributed by atoms with Gasteiger partial charge in [0.2, 0.25) is 23.6 Å². The van der Waals surface area contributed by atoms with Crippen LogP contribution < -0.4 is 4.90 Å². The molecule has 1 N–H and O–H groups in total. The minimum Gasteiger partial charge on any atom is -0.508 e. The normalized spacial score (nSPS) is 30.7. The highest BCUT2D eigenvalue weighted by Gasteiger charge is 2.67. The van der Waals surface area contributed by atoms with Crippen LogP contribution in [0.25, 0.3) is 0 Å². The van der Waals surface area contributed by atoms with Crippen molar-refractivity contribution in [3.8, 4) is 5.75 Å². The van der Waals surface area contributed by atoms with Crippen LogP contribution in [0.15, 0.2) is 90.5 Å². The molecule has 8 nitrogen and oxygen atoms in total. The van der Waals surface area contributed by atoms with Gasteiger partial charge in [0.05, 0.1) is 28.9 Å². The smallest absolute Gasteiger partial charge is 0.241 e. The Balaban J connectivity index is 1.12. The summed E-state index contributed by atoms with van der Waals surface area (Å²) in [6.07, 6.45) is 4.35. The number of likely N-dealkylation sites (tertiary alicyclic amines) is 2. The second-order valence-corrected chi connectivity index (χ2v) is 14.6. The number of benzene rings is 3. The molecule has 3 aromatic rings. The van der Waals surface area contributed by atoms with Crippen LogP contribution in [0.5, 0.6) is 5.75 Å². The van der Waals surface area contributed by atoms with Crippen LogP contribution in [0.1, 0.15) is 55.2 Å². The Labute approximate surface area is 281 Å². The predicted molar refractivity (Wildman–Crippen MR) is 180 cm³/mol. The molecule has 8 rings (SSSR count). The highest BCUT2D eigenvalue weighted by molar-refractivity contribution is 6.24. The molecule has 48 heavy (non-hydrogen) atoms. The number of anilines is 1. The number of piperidine rings is 1. The molecule has 0 spiro atoms. The van der Waals surface area contributed by atoms with Crippen LogP contribution in [-0.2, 0) is 25.7 Å². The van der Waals surface area contributed by atoms with Gasteiger partial charge < -0.3 is 5.11 Å². The lowest BCUT2D eigenvalue weighted by Gasteiger charge is -2.49. The number of aryl methyl sites for hydroxylation is 1. The minimum absolute atomic E-state index is 0.0908. The number of carbonyl (C=O) groups excluding carboxylic acids is 4. The van der Waals surface area contributed by atoms with Gasteiger partial charge >= 0.3 is 0 Å². The molecule has 0 bridgehead atoms. The van der Waals surface area contributed by atoms with Gasteiger partial charge in [-0.25, -0.2) is 4.90 Å². The van der Waals surface area contributed by atoms with Crippen molar-refractivity contribution in [3.05, 3.63) is 107 Å². The summed E-state index contributed by atoms with van der Waals surface area (Å²) in [6.45, 7) is 6.19. The molecule has 246 valence electrons. The summed E-state index contributed by atoms with van der Waals surface area (Å²) in [6, 6.07) is 24.6. The Hall–Kier alpha value is -4.56. The van der Waals surface area contributed by atoms with E-state index in [2.05, 4.69) is 23.1 Å². The number of allylic oxidation sites excluding steroid dienone is 2. The van der Waals surface area contributed by atoms with E-state index >= 15 is 0 Å². The zero-order valence-corrected chi connectivity index (χ0v) is 27.4. The number of hydrogen-bond donors (Lipinski definition) is 1. The van der Waals surface area contributed by atoms with E-state index in [1.54, 1.807) is 23.1 Å². The average molecular weight is 644 g/mol. The minimum atomic E-state index is -1.09. The topological polar surface area (TPSA) is 98.2 Å². The lowest BCUT2D eigenvalue weighted by Crippen LogP contribution is -2.49. The maximum absolute atomic E-state index is 14.5. The van der Waals surface area contributed by atoms with Gasteiger partial charge in [0.15, 0.2) is 0 Å². The SMILES string of the molecule is Cc1cc(C2C3=CCC4C(=O)N(C5CCN(Cc6ccccc6)CC5)C(=O)C4C3CC3C(=O)N(c4ccccc4)C(=O)C32C)ccc1O. The summed E-state index contributed by atoms with van der Waals surface area (Å²) < 4.78 is 0. The molecule has 0 radical (unpaired) electrons. The van der Waals surface area contributed by atoms with Crippen LogP contribution in [0.4, 0.5) is 5.69 Å². The number of phenolic OH excluding ortho intramolecular Hbond substituents is 1. The lowest BCUT2D eigenvalue weighted by molar-refractivity contribution is -0.144. The number of aromatic hydroxyl groups is 1. The van der Waals surface area contributed by atoms with E-state index < -0.39 is 29.1 Å². The highest BCUT2D eigenvalue weighted by Crippen LogP contribution is 2.63. The van der Waals surface area contributed by atoms with Gasteiger partial charge in [-0.05, 0) is 80.3 Å². The van der Waals surface area contributed by atoms with Crippen LogP contribution in [-0.4, -0.2) is 57.7 Å². The zero-order chi connectivity index (χ0) is 33.3. The molecule has 0 aromatic heterocycles. The summed E-state index contributed by atoms with van der Waals surface area (Å²) in [5.41, 5.74) is 3.18. The Kier molecular flexibility index (Phi) is 7.40. The molecule has 3 aliphatic heterocycles. The summed E-state index contributed by atoms with van der Waals surface area (Å²) >= 11 is 0. The van der Waals surface area contributed by atoms with E-state index in [1.807, 2.05) is 62.4 Å². The highest BCUT2D eigenvalue weighted by atomic mass is 16.3. The number of fused-ring (bicyclic) bond motifs is 4. The first-order chi connectivity index (χ1) is 23.2. The van der Waals surface area contributed by atoms with Crippen molar-refractivity contribution in [2.75, 3.05) is 18.0 Å². The fourth-order valence-electron chi connectivity index (χ4n) is 9.64. The average Bonchev–Trinajstić information content (AvgIpc) is 3.46. The largest absolute Gasteiger partial charge is 0.508 e. The van der Waals surface area contributed by atoms with Crippen LogP contribution in [0.3, 0.4) is 0 Å². The predicted octanol–water partition coefficient (Wildman–Crippen LogP) is 5.60. The molecule has 8 heteroatoms. The van der Waals surface area contributed by atoms with Crippen molar-refractivity contribution >= 4 is 29.3 Å². The van der Waals surface area contributed by atoms with E-state index in [0.717, 1.165) is 43.6 Å². The Morgan fingerprint density at radius 1 is 0.833 bits per heavy atom. The first kappa shape index (κ1) is 30.8. The number of amides is 4. The van der Waals surface area contributed by atoms with Crippen molar-refractivity contribution in [1.29, 1.82) is 0 Å². The lowest BCUT2D eigenvalue weighted by atomic mass is 9.51. The molecule has 3 heterocycles. The van der Waals surface area contributed by atoms with Gasteiger partial charge in [-0.1, -0.05) is 72.3 Å². The van der Waals surface area contributed by atoms with Gasteiger partial charge in [0.1, 0.15) is 5.75 Å². The molecule has 4 fully saturated rings. The van der Waals surface area contributed by atoms with Crippen molar-refractivity contribution in [2.24, 2.45) is 29.1 Å². The maximum Gasteiger partial charge on any atom is 0.241 e. The van der Waals surface area contributed by atoms with Gasteiger partial charge in [-0.15, -0.1) is 0 Å². The Morgan fingerprint density at radius 2 is 1.52 bits per heavy atom. The second kappa shape index (κ2) is 11.5. The van der Waals surface area contributed by atoms with Crippen LogP contribution in [0, 0.1) is 36.0 Å². The van der Waals surface area contributed by atoms with Gasteiger partial charge in [0.25, 0.3) is 0 Å². The number of hydrogen-bond acceptors (Lipinski definition) is 6. The number of nitrogens with zero attached hydrogens (tertiary/aromatic N) is 3. The molecule has 6 atom stereocenters. The monoisotopic (exact) mass is 643 g/mol. The maximum atomic E-state index is 14.5. The Bertz CT molecular complexity index is 1830. The molecule has 2 aliphatic carbocycles. The van der Waals surface area contributed by atoms with E-state index in [9.17, 15) is 24.3 Å². The van der Waals surface area contributed by atoms with E-state index in [-0.39, 0.29) is 41.3 Å². The number of para-hydroxylation sites is 1. The van der Waals surface area contributed by atoms with Crippen LogP contribution >= 0.6 is 0 Å². The fraction of sp³-hybridized carbons (Fsp3) is 0.400. The first-order valence-electron chi connectivity index (χ1n) is 17.2. The molecule has 4 amide bonds. The Morgan fingerprint density at radius 3 is 2.21 bits per heavy atom. The molecular formula is C40H41N3O5. The number of rotatable bonds is 5. The summed E-state index contributed by atoms with van der Waals surface area (Å²) in [5, 5.41) is 10.4. The zero-order valence-electron chi connectivity index (χ0n) is 27.4. The summed E-state index contributed by atoms with van der Waals surface area (Å²) in [4.78, 5) is 62.7. The van der Waals surface area contributed by atoms with E-state index in [0.29, 0.717) is 24.1 Å². The fourth-order valence-corrected chi connectivity index (χ4v) is 9.64. The summed E-state index contributed by atoms with van der Waals surface area (Å²) in [7, 11) is 0. The molecule has 6 unspecified atom stereocenters. The van der Waals surface area contributed by atoms with Crippen molar-refractivity contribution < 1.29 is 24.3 Å². The number of imide groups is 2. The van der Waals surface area contributed by atoms with Gasteiger partial charge in [-0.2, -0.15) is 0 Å².